The number of hydrogen-bond acceptors (Lipinski definition) is 1. The Morgan fingerprint density at radius 2 is 2.14 bits per heavy atom. The molecule has 0 spiro atoms. The Morgan fingerprint density at radius 3 is 2.29 bits per heavy atom. The van der Waals surface area contributed by atoms with Crippen LogP contribution in [0.2, 0.25) is 0 Å². The van der Waals surface area contributed by atoms with Crippen molar-refractivity contribution < 1.29 is 0 Å². The molecule has 0 aliphatic rings. The van der Waals surface area contributed by atoms with Gasteiger partial charge in [-0.1, -0.05) is 12.2 Å². The Bertz CT molecular complexity index is 78.2. The molecule has 1 N–H and O–H groups in total. The van der Waals surface area contributed by atoms with Gasteiger partial charge in [-0.25, -0.2) is 0 Å². The molecule has 0 saturated heterocycles. The van der Waals surface area contributed by atoms with Crippen molar-refractivity contribution >= 4 is 0 Å². The molecule has 0 saturated carbocycles. The minimum Gasteiger partial charge on any atom is -0.368 e. The summed E-state index contributed by atoms with van der Waals surface area (Å²) >= 11 is 0. The van der Waals surface area contributed by atoms with Gasteiger partial charge in [-0.3, -0.25) is 0 Å². The van der Waals surface area contributed by atoms with Gasteiger partial charge < -0.3 is 5.32 Å². The van der Waals surface area contributed by atoms with Crippen molar-refractivity contribution in [1.29, 1.82) is 0 Å². The second-order valence-electron chi connectivity index (χ2n) is 1.59. The quantitative estimate of drug-likeness (QED) is 0.552. The number of rotatable bonds is 2. The van der Waals surface area contributed by atoms with Crippen LogP contribution in [0.5, 0.6) is 0 Å². The smallest absolute Gasteiger partial charge is 0.000944 e. The molecule has 40 valence electrons. The van der Waals surface area contributed by atoms with E-state index in [-0.39, 0.29) is 0 Å². The van der Waals surface area contributed by atoms with Crippen molar-refractivity contribution in [2.45, 2.75) is 13.8 Å². The van der Waals surface area contributed by atoms with Crippen LogP contribution in [0, 0.1) is 0 Å². The predicted octanol–water partition coefficient (Wildman–Crippen LogP) is 1.64. The lowest BCUT2D eigenvalue weighted by Gasteiger charge is -1.86. The van der Waals surface area contributed by atoms with Gasteiger partial charge in [0.05, 0.1) is 0 Å². The molecular weight excluding hydrogens is 86.1 g/mol. The van der Waals surface area contributed by atoms with Gasteiger partial charge in [0.2, 0.25) is 0 Å². The normalized spacial score (nSPS) is 7.14. The van der Waals surface area contributed by atoms with Crippen LogP contribution in [-0.4, -0.2) is 0 Å². The van der Waals surface area contributed by atoms with Gasteiger partial charge >= 0.3 is 0 Å². The number of hydrogen-bond donors (Lipinski definition) is 1. The molecule has 0 fully saturated rings. The van der Waals surface area contributed by atoms with Crippen LogP contribution in [-0.2, 0) is 0 Å². The average molecular weight is 97.2 g/mol. The van der Waals surface area contributed by atoms with Gasteiger partial charge in [-0.05, 0) is 26.2 Å². The summed E-state index contributed by atoms with van der Waals surface area (Å²) in [4.78, 5) is 0. The van der Waals surface area contributed by atoms with Gasteiger partial charge in [-0.2, -0.15) is 0 Å². The van der Waals surface area contributed by atoms with Gasteiger partial charge in [0, 0.05) is 0 Å². The van der Waals surface area contributed by atoms with Gasteiger partial charge in [-0.15, -0.1) is 0 Å². The molecule has 0 atom stereocenters. The summed E-state index contributed by atoms with van der Waals surface area (Å²) in [6, 6.07) is 0. The highest BCUT2D eigenvalue weighted by atomic mass is 14.8. The zero-order valence-electron chi connectivity index (χ0n) is 4.86. The Hall–Kier alpha value is -0.720. The molecule has 0 aromatic heterocycles. The highest BCUT2D eigenvalue weighted by Crippen LogP contribution is 1.81. The minimum absolute atomic E-state index is 1.25. The maximum atomic E-state index is 3.48. The van der Waals surface area contributed by atoms with E-state index in [0.29, 0.717) is 0 Å². The average Bonchev–Trinajstić information content (AvgIpc) is 1.61. The summed E-state index contributed by atoms with van der Waals surface area (Å²) in [5.41, 5.74) is 1.25. The summed E-state index contributed by atoms with van der Waals surface area (Å²) in [5.74, 6) is 0. The van der Waals surface area contributed by atoms with E-state index >= 15 is 0 Å². The molecule has 0 aliphatic carbocycles. The lowest BCUT2D eigenvalue weighted by Crippen LogP contribution is -1.89. The Kier molecular flexibility index (Phi) is 3.11. The van der Waals surface area contributed by atoms with E-state index < -0.39 is 0 Å². The van der Waals surface area contributed by atoms with Crippen LogP contribution in [0.25, 0.3) is 0 Å². The van der Waals surface area contributed by atoms with E-state index in [4.69, 9.17) is 0 Å². The number of nitrogens with one attached hydrogen (secondary N) is 1. The summed E-state index contributed by atoms with van der Waals surface area (Å²) in [6.45, 7) is 7.53. The molecular formula is C6H11N. The van der Waals surface area contributed by atoms with E-state index in [1.807, 2.05) is 20.0 Å². The number of allylic oxidation sites excluding steroid dienone is 1. The first-order chi connectivity index (χ1) is 3.27. The SMILES string of the molecule is C=CNC=C(C)C. The fourth-order valence-electron chi connectivity index (χ4n) is 0.226. The van der Waals surface area contributed by atoms with Crippen molar-refractivity contribution in [1.82, 2.24) is 5.32 Å². The monoisotopic (exact) mass is 97.1 g/mol. The van der Waals surface area contributed by atoms with E-state index in [1.54, 1.807) is 6.20 Å². The maximum absolute atomic E-state index is 3.48. The third-order valence-electron chi connectivity index (χ3n) is 0.490. The zero-order chi connectivity index (χ0) is 5.70. The predicted molar refractivity (Wildman–Crippen MR) is 32.8 cm³/mol. The largest absolute Gasteiger partial charge is 0.368 e. The lowest BCUT2D eigenvalue weighted by atomic mass is 10.4. The molecule has 0 heterocycles. The van der Waals surface area contributed by atoms with Gasteiger partial charge in [0.15, 0.2) is 0 Å². The summed E-state index contributed by atoms with van der Waals surface area (Å²) < 4.78 is 0. The fraction of sp³-hybridized carbons (Fsp3) is 0.333. The molecule has 0 aromatic rings. The summed E-state index contributed by atoms with van der Waals surface area (Å²) in [7, 11) is 0. The van der Waals surface area contributed by atoms with Crippen LogP contribution in [0.3, 0.4) is 0 Å². The first-order valence-electron chi connectivity index (χ1n) is 2.27. The maximum Gasteiger partial charge on any atom is -0.000944 e. The zero-order valence-corrected chi connectivity index (χ0v) is 4.86. The first kappa shape index (κ1) is 6.28. The van der Waals surface area contributed by atoms with Crippen molar-refractivity contribution in [2.24, 2.45) is 0 Å². The Labute approximate surface area is 44.7 Å². The molecule has 0 aromatic carbocycles. The summed E-state index contributed by atoms with van der Waals surface area (Å²) in [6.07, 6.45) is 3.54. The van der Waals surface area contributed by atoms with Crippen molar-refractivity contribution in [3.05, 3.63) is 24.6 Å². The van der Waals surface area contributed by atoms with Crippen LogP contribution in [0.1, 0.15) is 13.8 Å². The highest BCUT2D eigenvalue weighted by molar-refractivity contribution is 4.93. The Balaban J connectivity index is 3.25. The van der Waals surface area contributed by atoms with Crippen molar-refractivity contribution in [3.63, 3.8) is 0 Å². The van der Waals surface area contributed by atoms with Crippen LogP contribution >= 0.6 is 0 Å². The molecule has 0 bridgehead atoms. The van der Waals surface area contributed by atoms with Crippen LogP contribution in [0.15, 0.2) is 24.6 Å². The molecule has 0 rings (SSSR count). The minimum atomic E-state index is 1.25. The molecule has 1 nitrogen and oxygen atoms in total. The standard InChI is InChI=1S/C6H11N/c1-4-7-5-6(2)3/h4-5,7H,1H2,2-3H3. The second-order valence-corrected chi connectivity index (χ2v) is 1.59. The fourth-order valence-corrected chi connectivity index (χ4v) is 0.226. The van der Waals surface area contributed by atoms with E-state index in [9.17, 15) is 0 Å². The van der Waals surface area contributed by atoms with Crippen LogP contribution in [0.4, 0.5) is 0 Å². The third-order valence-corrected chi connectivity index (χ3v) is 0.490. The van der Waals surface area contributed by atoms with Gasteiger partial charge in [0.25, 0.3) is 0 Å². The molecule has 0 aliphatic heterocycles. The van der Waals surface area contributed by atoms with Crippen molar-refractivity contribution in [2.75, 3.05) is 0 Å². The Morgan fingerprint density at radius 1 is 1.57 bits per heavy atom. The molecule has 0 radical (unpaired) electrons. The second kappa shape index (κ2) is 3.47. The van der Waals surface area contributed by atoms with Gasteiger partial charge in [0.1, 0.15) is 0 Å². The molecule has 0 unspecified atom stereocenters. The van der Waals surface area contributed by atoms with Crippen LogP contribution < -0.4 is 5.32 Å². The van der Waals surface area contributed by atoms with E-state index in [2.05, 4.69) is 11.9 Å². The highest BCUT2D eigenvalue weighted by Gasteiger charge is 1.67. The molecule has 1 heteroatoms. The topological polar surface area (TPSA) is 12.0 Å². The van der Waals surface area contributed by atoms with E-state index in [0.717, 1.165) is 0 Å². The summed E-state index contributed by atoms with van der Waals surface area (Å²) in [5, 5.41) is 2.85. The first-order valence-corrected chi connectivity index (χ1v) is 2.27. The molecule has 0 amide bonds. The lowest BCUT2D eigenvalue weighted by molar-refractivity contribution is 1.15. The van der Waals surface area contributed by atoms with E-state index in [1.165, 1.54) is 5.57 Å². The van der Waals surface area contributed by atoms with Crippen molar-refractivity contribution in [3.8, 4) is 0 Å². The third kappa shape index (κ3) is 5.28. The molecule has 7 heavy (non-hydrogen) atoms.